The molecule has 0 heterocycles. The summed E-state index contributed by atoms with van der Waals surface area (Å²) in [7, 11) is -0.774. The number of carbonyl (C=O) groups excluding carboxylic acids is 1. The van der Waals surface area contributed by atoms with Crippen LogP contribution in [0.1, 0.15) is 18.9 Å². The Hall–Kier alpha value is -2.00. The maximum Gasteiger partial charge on any atom is 0.242 e. The Kier molecular flexibility index (Phi) is 8.15. The van der Waals surface area contributed by atoms with E-state index in [9.17, 15) is 17.6 Å². The van der Waals surface area contributed by atoms with E-state index in [0.29, 0.717) is 19.6 Å². The lowest BCUT2D eigenvalue weighted by Crippen LogP contribution is -2.27. The second kappa shape index (κ2) is 10.2. The number of sulfonamides is 1. The molecule has 0 aliphatic carbocycles. The van der Waals surface area contributed by atoms with Gasteiger partial charge in [0.2, 0.25) is 15.9 Å². The van der Waals surface area contributed by atoms with E-state index in [2.05, 4.69) is 5.32 Å². The summed E-state index contributed by atoms with van der Waals surface area (Å²) in [6.45, 7) is 3.65. The molecule has 2 aromatic carbocycles. The lowest BCUT2D eigenvalue weighted by molar-refractivity contribution is -0.116. The summed E-state index contributed by atoms with van der Waals surface area (Å²) in [6, 6.07) is 10.5. The second-order valence-electron chi connectivity index (χ2n) is 6.73. The molecule has 0 aromatic heterocycles. The zero-order valence-corrected chi connectivity index (χ0v) is 18.2. The van der Waals surface area contributed by atoms with Crippen LogP contribution >= 0.6 is 11.6 Å². The average Bonchev–Trinajstić information content (AvgIpc) is 2.66. The van der Waals surface area contributed by atoms with E-state index in [1.54, 1.807) is 6.07 Å². The molecule has 158 valence electrons. The van der Waals surface area contributed by atoms with Gasteiger partial charge in [-0.1, -0.05) is 30.7 Å². The molecule has 0 spiro atoms. The zero-order valence-electron chi connectivity index (χ0n) is 16.7. The SMILES string of the molecule is CCN(CCC(=O)Nc1cc(S(=O)(=O)N(C)C)ccc1Cl)Cc1cccc(F)c1. The maximum atomic E-state index is 13.3. The largest absolute Gasteiger partial charge is 0.325 e. The summed E-state index contributed by atoms with van der Waals surface area (Å²) >= 11 is 6.11. The predicted molar refractivity (Wildman–Crippen MR) is 113 cm³/mol. The van der Waals surface area contributed by atoms with E-state index in [-0.39, 0.29) is 33.8 Å². The van der Waals surface area contributed by atoms with Crippen molar-refractivity contribution in [2.24, 2.45) is 0 Å². The third kappa shape index (κ3) is 6.50. The molecule has 29 heavy (non-hydrogen) atoms. The minimum absolute atomic E-state index is 0.0449. The Bertz CT molecular complexity index is 967. The monoisotopic (exact) mass is 441 g/mol. The van der Waals surface area contributed by atoms with Crippen molar-refractivity contribution >= 4 is 33.2 Å². The van der Waals surface area contributed by atoms with Crippen molar-refractivity contribution in [2.45, 2.75) is 24.8 Å². The highest BCUT2D eigenvalue weighted by Crippen LogP contribution is 2.26. The summed E-state index contributed by atoms with van der Waals surface area (Å²) < 4.78 is 39.0. The van der Waals surface area contributed by atoms with Crippen LogP contribution in [-0.2, 0) is 21.4 Å². The van der Waals surface area contributed by atoms with Gasteiger partial charge in [0.1, 0.15) is 5.82 Å². The molecule has 0 unspecified atom stereocenters. The van der Waals surface area contributed by atoms with Gasteiger partial charge in [0, 0.05) is 33.6 Å². The number of carbonyl (C=O) groups is 1. The molecular formula is C20H25ClFN3O3S. The summed E-state index contributed by atoms with van der Waals surface area (Å²) in [5.41, 5.74) is 1.07. The molecule has 0 aliphatic rings. The lowest BCUT2D eigenvalue weighted by Gasteiger charge is -2.20. The number of rotatable bonds is 9. The highest BCUT2D eigenvalue weighted by atomic mass is 35.5. The number of hydrogen-bond acceptors (Lipinski definition) is 4. The van der Waals surface area contributed by atoms with Crippen molar-refractivity contribution < 1.29 is 17.6 Å². The number of hydrogen-bond donors (Lipinski definition) is 1. The van der Waals surface area contributed by atoms with Crippen LogP contribution in [0.3, 0.4) is 0 Å². The summed E-state index contributed by atoms with van der Waals surface area (Å²) in [5, 5.41) is 2.93. The van der Waals surface area contributed by atoms with Crippen molar-refractivity contribution in [3.63, 3.8) is 0 Å². The van der Waals surface area contributed by atoms with E-state index >= 15 is 0 Å². The molecule has 9 heteroatoms. The molecule has 0 saturated heterocycles. The predicted octanol–water partition coefficient (Wildman–Crippen LogP) is 3.58. The molecule has 2 rings (SSSR count). The highest BCUT2D eigenvalue weighted by molar-refractivity contribution is 7.89. The van der Waals surface area contributed by atoms with E-state index < -0.39 is 10.0 Å². The van der Waals surface area contributed by atoms with Gasteiger partial charge in [-0.2, -0.15) is 0 Å². The number of anilines is 1. The first-order chi connectivity index (χ1) is 13.6. The molecule has 0 fully saturated rings. The Labute approximate surface area is 176 Å². The van der Waals surface area contributed by atoms with Gasteiger partial charge in [-0.05, 0) is 42.4 Å². The number of benzene rings is 2. The van der Waals surface area contributed by atoms with Crippen LogP contribution in [0.2, 0.25) is 5.02 Å². The van der Waals surface area contributed by atoms with E-state index in [1.807, 2.05) is 17.9 Å². The van der Waals surface area contributed by atoms with Crippen LogP contribution in [0, 0.1) is 5.82 Å². The van der Waals surface area contributed by atoms with Crippen molar-refractivity contribution in [3.05, 3.63) is 58.9 Å². The van der Waals surface area contributed by atoms with Crippen LogP contribution < -0.4 is 5.32 Å². The molecule has 1 N–H and O–H groups in total. The fourth-order valence-electron chi connectivity index (χ4n) is 2.69. The number of nitrogens with one attached hydrogen (secondary N) is 1. The smallest absolute Gasteiger partial charge is 0.242 e. The Morgan fingerprint density at radius 1 is 1.17 bits per heavy atom. The summed E-state index contributed by atoms with van der Waals surface area (Å²) in [6.07, 6.45) is 0.185. The zero-order chi connectivity index (χ0) is 21.6. The van der Waals surface area contributed by atoms with Gasteiger partial charge in [-0.3, -0.25) is 9.69 Å². The lowest BCUT2D eigenvalue weighted by atomic mass is 10.2. The van der Waals surface area contributed by atoms with Crippen molar-refractivity contribution in [2.75, 3.05) is 32.5 Å². The third-order valence-electron chi connectivity index (χ3n) is 4.39. The van der Waals surface area contributed by atoms with Gasteiger partial charge >= 0.3 is 0 Å². The fraction of sp³-hybridized carbons (Fsp3) is 0.350. The van der Waals surface area contributed by atoms with E-state index in [4.69, 9.17) is 11.6 Å². The van der Waals surface area contributed by atoms with Gasteiger partial charge in [0.05, 0.1) is 15.6 Å². The second-order valence-corrected chi connectivity index (χ2v) is 9.28. The van der Waals surface area contributed by atoms with E-state index in [0.717, 1.165) is 9.87 Å². The quantitative estimate of drug-likeness (QED) is 0.645. The first kappa shape index (κ1) is 23.3. The fourth-order valence-corrected chi connectivity index (χ4v) is 3.78. The van der Waals surface area contributed by atoms with Gasteiger partial charge < -0.3 is 5.32 Å². The van der Waals surface area contributed by atoms with Crippen LogP contribution in [0.4, 0.5) is 10.1 Å². The van der Waals surface area contributed by atoms with Crippen molar-refractivity contribution in [1.82, 2.24) is 9.21 Å². The minimum Gasteiger partial charge on any atom is -0.325 e. The Morgan fingerprint density at radius 2 is 1.90 bits per heavy atom. The maximum absolute atomic E-state index is 13.3. The van der Waals surface area contributed by atoms with E-state index in [1.165, 1.54) is 44.4 Å². The average molecular weight is 442 g/mol. The molecule has 6 nitrogen and oxygen atoms in total. The Balaban J connectivity index is 2.01. The molecule has 0 aliphatic heterocycles. The van der Waals surface area contributed by atoms with Crippen molar-refractivity contribution in [1.29, 1.82) is 0 Å². The molecule has 0 bridgehead atoms. The number of nitrogens with zero attached hydrogens (tertiary/aromatic N) is 2. The highest BCUT2D eigenvalue weighted by Gasteiger charge is 2.19. The van der Waals surface area contributed by atoms with Gasteiger partial charge in [0.15, 0.2) is 0 Å². The van der Waals surface area contributed by atoms with Crippen LogP contribution in [0.5, 0.6) is 0 Å². The van der Waals surface area contributed by atoms with Crippen LogP contribution in [-0.4, -0.2) is 50.7 Å². The molecule has 0 atom stereocenters. The number of amides is 1. The molecular weight excluding hydrogens is 417 g/mol. The van der Waals surface area contributed by atoms with Crippen LogP contribution in [0.25, 0.3) is 0 Å². The first-order valence-electron chi connectivity index (χ1n) is 9.12. The Morgan fingerprint density at radius 3 is 2.52 bits per heavy atom. The van der Waals surface area contributed by atoms with Crippen LogP contribution in [0.15, 0.2) is 47.4 Å². The third-order valence-corrected chi connectivity index (χ3v) is 6.53. The van der Waals surface area contributed by atoms with Gasteiger partial charge in [-0.25, -0.2) is 17.1 Å². The summed E-state index contributed by atoms with van der Waals surface area (Å²) in [4.78, 5) is 14.4. The first-order valence-corrected chi connectivity index (χ1v) is 10.9. The summed E-state index contributed by atoms with van der Waals surface area (Å²) in [5.74, 6) is -0.581. The topological polar surface area (TPSA) is 69.7 Å². The molecule has 2 aromatic rings. The standard InChI is InChI=1S/C20H25ClFN3O3S/c1-4-25(14-15-6-5-7-16(22)12-15)11-10-20(26)23-19-13-17(8-9-18(19)21)29(27,28)24(2)3/h5-9,12-13H,4,10-11,14H2,1-3H3,(H,23,26). The molecule has 1 amide bonds. The molecule has 0 radical (unpaired) electrons. The van der Waals surface area contributed by atoms with Gasteiger partial charge in [-0.15, -0.1) is 0 Å². The number of halogens is 2. The minimum atomic E-state index is -3.64. The normalized spacial score (nSPS) is 11.8. The molecule has 0 saturated carbocycles. The van der Waals surface area contributed by atoms with Crippen molar-refractivity contribution in [3.8, 4) is 0 Å². The van der Waals surface area contributed by atoms with Gasteiger partial charge in [0.25, 0.3) is 0 Å².